The molecule has 4 nitrogen and oxygen atoms in total. The first-order valence-corrected chi connectivity index (χ1v) is 9.12. The molecule has 0 bridgehead atoms. The summed E-state index contributed by atoms with van der Waals surface area (Å²) in [5, 5.41) is 3.18. The average Bonchev–Trinajstić information content (AvgIpc) is 2.62. The molecule has 0 fully saturated rings. The van der Waals surface area contributed by atoms with Gasteiger partial charge in [0.2, 0.25) is 0 Å². The third-order valence-corrected chi connectivity index (χ3v) is 4.89. The highest BCUT2D eigenvalue weighted by Crippen LogP contribution is 2.34. The number of benzene rings is 2. The Morgan fingerprint density at radius 2 is 1.67 bits per heavy atom. The van der Waals surface area contributed by atoms with Crippen LogP contribution in [0.25, 0.3) is 0 Å². The van der Waals surface area contributed by atoms with Gasteiger partial charge in [-0.3, -0.25) is 9.59 Å². The van der Waals surface area contributed by atoms with E-state index >= 15 is 0 Å². The maximum absolute atomic E-state index is 12.7. The molecule has 2 aromatic rings. The number of ether oxygens (including phenoxy) is 1. The monoisotopic (exact) mass is 421 g/mol. The van der Waals surface area contributed by atoms with Crippen LogP contribution in [0.2, 0.25) is 5.02 Å². The van der Waals surface area contributed by atoms with Gasteiger partial charge in [0.15, 0.2) is 5.00 Å². The maximum atomic E-state index is 12.7. The molecule has 0 saturated heterocycles. The van der Waals surface area contributed by atoms with Crippen LogP contribution in [-0.2, 0) is 4.79 Å². The molecule has 3 rings (SSSR count). The van der Waals surface area contributed by atoms with Crippen molar-refractivity contribution >= 4 is 46.7 Å². The second kappa shape index (κ2) is 8.17. The van der Waals surface area contributed by atoms with Gasteiger partial charge in [0.05, 0.1) is 10.6 Å². The van der Waals surface area contributed by atoms with Crippen LogP contribution in [0.15, 0.2) is 77.9 Å². The van der Waals surface area contributed by atoms with E-state index in [1.54, 1.807) is 54.6 Å². The topological polar surface area (TPSA) is 55.4 Å². The lowest BCUT2D eigenvalue weighted by molar-refractivity contribution is -0.138. The van der Waals surface area contributed by atoms with Crippen LogP contribution in [0.1, 0.15) is 10.4 Å². The van der Waals surface area contributed by atoms with E-state index in [1.807, 2.05) is 0 Å². The van der Waals surface area contributed by atoms with Crippen molar-refractivity contribution in [2.75, 3.05) is 0 Å². The zero-order valence-electron chi connectivity index (χ0n) is 13.9. The van der Waals surface area contributed by atoms with Crippen LogP contribution in [0.3, 0.4) is 0 Å². The van der Waals surface area contributed by atoms with Crippen molar-refractivity contribution in [2.24, 2.45) is 5.92 Å². The normalized spacial score (nSPS) is 21.3. The summed E-state index contributed by atoms with van der Waals surface area (Å²) >= 11 is 18.7. The first-order chi connectivity index (χ1) is 12.9. The lowest BCUT2D eigenvalue weighted by Crippen LogP contribution is -2.52. The molecule has 0 radical (unpaired) electrons. The Balaban J connectivity index is 1.85. The number of rotatable bonds is 4. The average molecular weight is 423 g/mol. The zero-order valence-corrected chi connectivity index (χ0v) is 16.1. The summed E-state index contributed by atoms with van der Waals surface area (Å²) in [5.41, 5.74) is 0.230. The number of nitrogens with one attached hydrogen (secondary N) is 1. The predicted octanol–water partition coefficient (Wildman–Crippen LogP) is 4.92. The fourth-order valence-electron chi connectivity index (χ4n) is 2.59. The van der Waals surface area contributed by atoms with Gasteiger partial charge in [0, 0.05) is 5.03 Å². The molecule has 0 saturated carbocycles. The zero-order chi connectivity index (χ0) is 19.4. The number of hydrogen-bond donors (Lipinski definition) is 1. The number of halogens is 3. The van der Waals surface area contributed by atoms with Crippen molar-refractivity contribution in [1.82, 2.24) is 5.32 Å². The number of carbonyl (C=O) groups excluding carboxylic acids is 2. The Labute approximate surface area is 171 Å². The first-order valence-electron chi connectivity index (χ1n) is 7.98. The fourth-order valence-corrected chi connectivity index (χ4v) is 3.47. The Kier molecular flexibility index (Phi) is 5.90. The lowest BCUT2D eigenvalue weighted by Gasteiger charge is -2.32. The Morgan fingerprint density at radius 1 is 1.00 bits per heavy atom. The van der Waals surface area contributed by atoms with Gasteiger partial charge in [-0.05, 0) is 36.4 Å². The molecule has 0 aromatic heterocycles. The van der Waals surface area contributed by atoms with Gasteiger partial charge in [-0.15, -0.1) is 0 Å². The summed E-state index contributed by atoms with van der Waals surface area (Å²) in [5.74, 6) is -1.79. The SMILES string of the molecule is O=C(NC1(Cl)C=C(Cl)C=CC1C(=O)Oc1ccccc1)c1ccccc1Cl. The van der Waals surface area contributed by atoms with Crippen molar-refractivity contribution in [3.05, 3.63) is 88.4 Å². The summed E-state index contributed by atoms with van der Waals surface area (Å²) in [7, 11) is 0. The number of carbonyl (C=O) groups is 2. The minimum absolute atomic E-state index is 0.230. The quantitative estimate of drug-likeness (QED) is 0.329. The molecular formula is C20H14Cl3NO3. The molecule has 138 valence electrons. The van der Waals surface area contributed by atoms with Gasteiger partial charge in [-0.2, -0.15) is 0 Å². The first kappa shape index (κ1) is 19.5. The number of esters is 1. The highest BCUT2D eigenvalue weighted by molar-refractivity contribution is 6.35. The summed E-state index contributed by atoms with van der Waals surface area (Å²) in [6.07, 6.45) is 4.41. The molecule has 1 aliphatic rings. The number of para-hydroxylation sites is 1. The molecule has 27 heavy (non-hydrogen) atoms. The number of amides is 1. The van der Waals surface area contributed by atoms with Crippen LogP contribution in [0.4, 0.5) is 0 Å². The molecule has 2 unspecified atom stereocenters. The van der Waals surface area contributed by atoms with E-state index in [1.165, 1.54) is 18.2 Å². The third kappa shape index (κ3) is 4.53. The van der Waals surface area contributed by atoms with E-state index < -0.39 is 22.8 Å². The predicted molar refractivity (Wildman–Crippen MR) is 106 cm³/mol. The second-order valence-corrected chi connectivity index (χ2v) is 7.27. The minimum atomic E-state index is -1.60. The third-order valence-electron chi connectivity index (χ3n) is 3.89. The molecule has 7 heteroatoms. The smallest absolute Gasteiger partial charge is 0.322 e. The number of allylic oxidation sites excluding steroid dienone is 2. The van der Waals surface area contributed by atoms with Crippen molar-refractivity contribution < 1.29 is 14.3 Å². The van der Waals surface area contributed by atoms with Gasteiger partial charge >= 0.3 is 5.97 Å². The molecule has 2 atom stereocenters. The Bertz CT molecular complexity index is 927. The van der Waals surface area contributed by atoms with Crippen molar-refractivity contribution in [1.29, 1.82) is 0 Å². The number of alkyl halides is 1. The molecular weight excluding hydrogens is 409 g/mol. The summed E-state index contributed by atoms with van der Waals surface area (Å²) < 4.78 is 5.37. The lowest BCUT2D eigenvalue weighted by atomic mass is 9.93. The fraction of sp³-hybridized carbons (Fsp3) is 0.100. The van der Waals surface area contributed by atoms with Crippen molar-refractivity contribution in [3.63, 3.8) is 0 Å². The summed E-state index contributed by atoms with van der Waals surface area (Å²) in [4.78, 5) is 23.7. The van der Waals surface area contributed by atoms with Crippen LogP contribution in [0.5, 0.6) is 5.75 Å². The van der Waals surface area contributed by atoms with Crippen molar-refractivity contribution in [2.45, 2.75) is 5.00 Å². The highest BCUT2D eigenvalue weighted by Gasteiger charge is 2.43. The summed E-state index contributed by atoms with van der Waals surface area (Å²) in [6.45, 7) is 0. The van der Waals surface area contributed by atoms with Crippen LogP contribution >= 0.6 is 34.8 Å². The minimum Gasteiger partial charge on any atom is -0.426 e. The molecule has 0 spiro atoms. The number of hydrogen-bond acceptors (Lipinski definition) is 3. The molecule has 0 heterocycles. The maximum Gasteiger partial charge on any atom is 0.322 e. The van der Waals surface area contributed by atoms with E-state index in [0.717, 1.165) is 0 Å². The molecule has 1 aliphatic carbocycles. The molecule has 2 aromatic carbocycles. The van der Waals surface area contributed by atoms with Gasteiger partial charge in [-0.25, -0.2) is 0 Å². The molecule has 0 aliphatic heterocycles. The second-order valence-electron chi connectivity index (χ2n) is 5.80. The van der Waals surface area contributed by atoms with Gasteiger partial charge in [-0.1, -0.05) is 71.2 Å². The van der Waals surface area contributed by atoms with E-state index in [9.17, 15) is 9.59 Å². The van der Waals surface area contributed by atoms with Crippen molar-refractivity contribution in [3.8, 4) is 5.75 Å². The molecule has 1 N–H and O–H groups in total. The van der Waals surface area contributed by atoms with Crippen LogP contribution in [-0.4, -0.2) is 16.9 Å². The Hall–Kier alpha value is -2.27. The van der Waals surface area contributed by atoms with E-state index in [-0.39, 0.29) is 15.6 Å². The molecule has 1 amide bonds. The van der Waals surface area contributed by atoms with E-state index in [2.05, 4.69) is 5.32 Å². The van der Waals surface area contributed by atoms with Crippen LogP contribution in [0, 0.1) is 5.92 Å². The van der Waals surface area contributed by atoms with Gasteiger partial charge in [0.25, 0.3) is 5.91 Å². The van der Waals surface area contributed by atoms with Gasteiger partial charge in [0.1, 0.15) is 11.7 Å². The van der Waals surface area contributed by atoms with E-state index in [0.29, 0.717) is 5.75 Å². The van der Waals surface area contributed by atoms with E-state index in [4.69, 9.17) is 39.5 Å². The largest absolute Gasteiger partial charge is 0.426 e. The highest BCUT2D eigenvalue weighted by atomic mass is 35.5. The standard InChI is InChI=1S/C20H14Cl3NO3/c21-13-10-11-16(19(26)27-14-6-2-1-3-7-14)20(23,12-13)24-18(25)15-8-4-5-9-17(15)22/h1-12,16H,(H,24,25). The summed E-state index contributed by atoms with van der Waals surface area (Å²) in [6, 6.07) is 15.1. The van der Waals surface area contributed by atoms with Crippen LogP contribution < -0.4 is 10.1 Å². The Morgan fingerprint density at radius 3 is 2.37 bits per heavy atom. The van der Waals surface area contributed by atoms with Gasteiger partial charge < -0.3 is 10.1 Å².